The minimum absolute atomic E-state index is 0.653. The van der Waals surface area contributed by atoms with Gasteiger partial charge in [-0.15, -0.1) is 5.04 Å². The van der Waals surface area contributed by atoms with Crippen LogP contribution in [0, 0.1) is 0 Å². The van der Waals surface area contributed by atoms with Crippen LogP contribution in [0.1, 0.15) is 0 Å². The molecule has 1 aromatic heterocycles. The largest absolute Gasteiger partial charge is 0.292 e. The molecule has 2 rings (SSSR count). The minimum atomic E-state index is 0.653. The number of hydrogen-bond donors (Lipinski definition) is 0. The van der Waals surface area contributed by atoms with Crippen LogP contribution in [0.4, 0.5) is 0 Å². The highest BCUT2D eigenvalue weighted by atomic mass is 17.5. The van der Waals surface area contributed by atoms with E-state index in [1.807, 2.05) is 18.2 Å². The molecule has 0 saturated carbocycles. The minimum Gasteiger partial charge on any atom is -0.292 e. The van der Waals surface area contributed by atoms with Gasteiger partial charge >= 0.3 is 0 Å². The summed E-state index contributed by atoms with van der Waals surface area (Å²) in [5.41, 5.74) is 0. The van der Waals surface area contributed by atoms with E-state index in [0.717, 1.165) is 7.06 Å². The molecule has 1 saturated heterocycles. The molecule has 60 valence electrons. The Labute approximate surface area is 72.8 Å². The van der Waals surface area contributed by atoms with Gasteiger partial charge < -0.3 is 0 Å². The Kier molecular flexibility index (Phi) is 5.36. The van der Waals surface area contributed by atoms with Crippen molar-refractivity contribution in [1.82, 2.24) is 4.98 Å². The molecule has 1 aliphatic rings. The van der Waals surface area contributed by atoms with Gasteiger partial charge in [0.2, 0.25) is 0 Å². The Morgan fingerprint density at radius 3 is 1.75 bits per heavy atom. The summed E-state index contributed by atoms with van der Waals surface area (Å²) in [6.45, 7) is 0. The first-order chi connectivity index (χ1) is 6.00. The lowest BCUT2D eigenvalue weighted by atomic mass is 9.32. The van der Waals surface area contributed by atoms with Crippen molar-refractivity contribution in [2.24, 2.45) is 0 Å². The van der Waals surface area contributed by atoms with E-state index < -0.39 is 0 Å². The Hall–Kier alpha value is -0.775. The van der Waals surface area contributed by atoms with Crippen LogP contribution in [-0.4, -0.2) is 26.8 Å². The van der Waals surface area contributed by atoms with Crippen LogP contribution in [0.15, 0.2) is 30.6 Å². The molecule has 0 spiro atoms. The number of hydrogen-bond acceptors (Lipinski definition) is 4. The van der Waals surface area contributed by atoms with Gasteiger partial charge in [-0.25, -0.2) is 0 Å². The molecule has 0 radical (unpaired) electrons. The lowest BCUT2D eigenvalue weighted by Crippen LogP contribution is -2.25. The summed E-state index contributed by atoms with van der Waals surface area (Å²) in [5.74, 6) is 0. The topological polar surface area (TPSA) is 40.6 Å². The van der Waals surface area contributed by atoms with Crippen LogP contribution in [0.25, 0.3) is 0 Å². The van der Waals surface area contributed by atoms with Gasteiger partial charge in [-0.2, -0.15) is 0 Å². The van der Waals surface area contributed by atoms with Gasteiger partial charge in [0.05, 0.1) is 0 Å². The third kappa shape index (κ3) is 4.95. The molecule has 0 aromatic carbocycles. The molecule has 0 aliphatic carbocycles. The van der Waals surface area contributed by atoms with Crippen molar-refractivity contribution in [3.05, 3.63) is 30.6 Å². The summed E-state index contributed by atoms with van der Waals surface area (Å²) in [4.78, 5) is 12.5. The molecular weight excluding hydrogens is 154 g/mol. The second kappa shape index (κ2) is 6.91. The Balaban J connectivity index is 0.000000120. The van der Waals surface area contributed by atoms with E-state index in [2.05, 4.69) is 19.6 Å². The number of pyridine rings is 1. The maximum absolute atomic E-state index is 4.35. The molecule has 7 heteroatoms. The smallest absolute Gasteiger partial charge is 0.281 e. The highest BCUT2D eigenvalue weighted by Crippen LogP contribution is 1.80. The van der Waals surface area contributed by atoms with Crippen LogP contribution in [-0.2, 0) is 14.6 Å². The second-order valence-corrected chi connectivity index (χ2v) is 2.09. The summed E-state index contributed by atoms with van der Waals surface area (Å²) in [7, 11) is 2.24. The number of nitrogens with zero attached hydrogens (tertiary/aromatic N) is 1. The molecule has 0 bridgehead atoms. The molecule has 4 nitrogen and oxygen atoms in total. The van der Waals surface area contributed by atoms with Crippen molar-refractivity contribution in [3.63, 3.8) is 0 Å². The van der Waals surface area contributed by atoms with Gasteiger partial charge in [0.25, 0.3) is 14.7 Å². The monoisotopic (exact) mass is 163 g/mol. The highest BCUT2D eigenvalue weighted by Gasteiger charge is 2.05. The SMILES string of the molecule is B1BOOOB1.c1ccncc1. The molecule has 0 unspecified atom stereocenters. The van der Waals surface area contributed by atoms with Gasteiger partial charge in [0.15, 0.2) is 0 Å². The first-order valence-electron chi connectivity index (χ1n) is 3.76. The molecule has 12 heavy (non-hydrogen) atoms. The maximum Gasteiger partial charge on any atom is 0.281 e. The summed E-state index contributed by atoms with van der Waals surface area (Å²) in [6.07, 6.45) is 3.50. The molecular formula is C5H8B3NO3. The quantitative estimate of drug-likeness (QED) is 0.360. The average molecular weight is 163 g/mol. The van der Waals surface area contributed by atoms with Crippen molar-refractivity contribution in [2.45, 2.75) is 0 Å². The molecule has 0 N–H and O–H groups in total. The number of rotatable bonds is 0. The van der Waals surface area contributed by atoms with Crippen molar-refractivity contribution in [2.75, 3.05) is 0 Å². The van der Waals surface area contributed by atoms with Crippen molar-refractivity contribution in [3.8, 4) is 0 Å². The summed E-state index contributed by atoms with van der Waals surface area (Å²) < 4.78 is 0. The zero-order valence-corrected chi connectivity index (χ0v) is 6.68. The lowest BCUT2D eigenvalue weighted by molar-refractivity contribution is -0.417. The second-order valence-electron chi connectivity index (χ2n) is 2.09. The van der Waals surface area contributed by atoms with E-state index in [9.17, 15) is 0 Å². The molecule has 0 amide bonds. The van der Waals surface area contributed by atoms with Crippen LogP contribution >= 0.6 is 0 Å². The third-order valence-electron chi connectivity index (χ3n) is 1.12. The Morgan fingerprint density at radius 2 is 1.58 bits per heavy atom. The maximum atomic E-state index is 4.35. The number of aromatic nitrogens is 1. The first-order valence-corrected chi connectivity index (χ1v) is 3.76. The van der Waals surface area contributed by atoms with E-state index in [0.29, 0.717) is 14.7 Å². The zero-order chi connectivity index (χ0) is 8.49. The highest BCUT2D eigenvalue weighted by molar-refractivity contribution is 7.26. The summed E-state index contributed by atoms with van der Waals surface area (Å²) >= 11 is 0. The van der Waals surface area contributed by atoms with Crippen LogP contribution in [0.5, 0.6) is 0 Å². The normalized spacial score (nSPS) is 14.0. The molecule has 0 atom stereocenters. The van der Waals surface area contributed by atoms with Crippen molar-refractivity contribution < 1.29 is 14.6 Å². The fourth-order valence-corrected chi connectivity index (χ4v) is 0.591. The molecule has 1 fully saturated rings. The van der Waals surface area contributed by atoms with E-state index in [-0.39, 0.29) is 0 Å². The lowest BCUT2D eigenvalue weighted by Gasteiger charge is -2.04. The summed E-state index contributed by atoms with van der Waals surface area (Å²) in [6, 6.07) is 5.72. The Bertz CT molecular complexity index is 146. The Morgan fingerprint density at radius 1 is 0.917 bits per heavy atom. The first kappa shape index (κ1) is 9.31. The summed E-state index contributed by atoms with van der Waals surface area (Å²) in [5, 5.41) is 4.07. The van der Waals surface area contributed by atoms with Crippen LogP contribution < -0.4 is 0 Å². The zero-order valence-electron chi connectivity index (χ0n) is 6.68. The van der Waals surface area contributed by atoms with Gasteiger partial charge in [-0.3, -0.25) is 14.6 Å². The predicted molar refractivity (Wildman–Crippen MR) is 48.9 cm³/mol. The van der Waals surface area contributed by atoms with Crippen LogP contribution in [0.2, 0.25) is 0 Å². The van der Waals surface area contributed by atoms with Crippen molar-refractivity contribution in [1.29, 1.82) is 0 Å². The van der Waals surface area contributed by atoms with Gasteiger partial charge in [0.1, 0.15) is 7.06 Å². The van der Waals surface area contributed by atoms with Gasteiger partial charge in [-0.05, 0) is 12.1 Å². The third-order valence-corrected chi connectivity index (χ3v) is 1.12. The standard InChI is InChI=1S/C5H5N.B3H3O3/c2*1-2-4-6-5-3-1/h1-5H;1-3H. The fraction of sp³-hybridized carbons (Fsp3) is 0. The predicted octanol–water partition coefficient (Wildman–Crippen LogP) is -1.07. The van der Waals surface area contributed by atoms with E-state index >= 15 is 0 Å². The van der Waals surface area contributed by atoms with Crippen molar-refractivity contribution >= 4 is 21.8 Å². The van der Waals surface area contributed by atoms with Gasteiger partial charge in [0, 0.05) is 12.4 Å². The van der Waals surface area contributed by atoms with Gasteiger partial charge in [-0.1, -0.05) is 6.07 Å². The molecule has 1 aliphatic heterocycles. The average Bonchev–Trinajstić information content (AvgIpc) is 2.24. The van der Waals surface area contributed by atoms with E-state index in [4.69, 9.17) is 0 Å². The molecule has 1 aromatic rings. The van der Waals surface area contributed by atoms with E-state index in [1.165, 1.54) is 0 Å². The molecule has 2 heterocycles. The fourth-order valence-electron chi connectivity index (χ4n) is 0.591. The van der Waals surface area contributed by atoms with E-state index in [1.54, 1.807) is 12.4 Å². The van der Waals surface area contributed by atoms with Crippen LogP contribution in [0.3, 0.4) is 0 Å².